The fourth-order valence-corrected chi connectivity index (χ4v) is 2.86. The number of carbonyl (C=O) groups is 1. The van der Waals surface area contributed by atoms with E-state index in [1.807, 2.05) is 0 Å². The molecule has 104 valence electrons. The highest BCUT2D eigenvalue weighted by Crippen LogP contribution is 2.08. The second kappa shape index (κ2) is 6.60. The smallest absolute Gasteiger partial charge is 0.274 e. The summed E-state index contributed by atoms with van der Waals surface area (Å²) in [5.74, 6) is 1.58. The van der Waals surface area contributed by atoms with Gasteiger partial charge in [-0.3, -0.25) is 14.0 Å². The summed E-state index contributed by atoms with van der Waals surface area (Å²) >= 11 is 0. The number of amides is 1. The molecular weight excluding hydrogens is 264 g/mol. The first-order valence-electron chi connectivity index (χ1n) is 6.41. The number of nitrogens with one attached hydrogen (secondary N) is 1. The Labute approximate surface area is 115 Å². The molecule has 1 fully saturated rings. The summed E-state index contributed by atoms with van der Waals surface area (Å²) in [6, 6.07) is 0. The van der Waals surface area contributed by atoms with Crippen molar-refractivity contribution in [3.05, 3.63) is 18.1 Å². The quantitative estimate of drug-likeness (QED) is 0.870. The molecule has 0 saturated carbocycles. The van der Waals surface area contributed by atoms with Crippen LogP contribution in [-0.2, 0) is 10.8 Å². The average Bonchev–Trinajstić information content (AvgIpc) is 2.45. The zero-order chi connectivity index (χ0) is 13.7. The maximum Gasteiger partial charge on any atom is 0.274 e. The molecule has 1 amide bonds. The number of rotatable bonds is 4. The van der Waals surface area contributed by atoms with Gasteiger partial charge in [0.2, 0.25) is 0 Å². The fourth-order valence-electron chi connectivity index (χ4n) is 1.81. The minimum absolute atomic E-state index is 0.135. The summed E-state index contributed by atoms with van der Waals surface area (Å²) in [4.78, 5) is 22.2. The molecule has 0 spiro atoms. The molecule has 2 rings (SSSR count). The highest BCUT2D eigenvalue weighted by Gasteiger charge is 2.22. The van der Waals surface area contributed by atoms with E-state index in [0.29, 0.717) is 36.1 Å². The first kappa shape index (κ1) is 13.9. The molecule has 1 aliphatic heterocycles. The Kier molecular flexibility index (Phi) is 4.84. The second-order valence-electron chi connectivity index (χ2n) is 4.36. The van der Waals surface area contributed by atoms with Crippen LogP contribution < -0.4 is 5.32 Å². The van der Waals surface area contributed by atoms with Crippen molar-refractivity contribution in [1.82, 2.24) is 14.9 Å². The maximum absolute atomic E-state index is 12.2. The van der Waals surface area contributed by atoms with E-state index in [1.165, 1.54) is 6.20 Å². The van der Waals surface area contributed by atoms with Gasteiger partial charge in [-0.2, -0.15) is 0 Å². The van der Waals surface area contributed by atoms with Crippen molar-refractivity contribution in [3.63, 3.8) is 0 Å². The molecule has 1 saturated heterocycles. The maximum atomic E-state index is 12.2. The molecule has 7 heteroatoms. The van der Waals surface area contributed by atoms with Gasteiger partial charge in [-0.25, -0.2) is 4.98 Å². The number of anilines is 1. The van der Waals surface area contributed by atoms with E-state index in [9.17, 15) is 9.00 Å². The van der Waals surface area contributed by atoms with Gasteiger partial charge in [0.25, 0.3) is 5.91 Å². The summed E-state index contributed by atoms with van der Waals surface area (Å²) in [5.41, 5.74) is 0.341. The minimum atomic E-state index is -0.785. The summed E-state index contributed by atoms with van der Waals surface area (Å²) in [7, 11) is -0.785. The highest BCUT2D eigenvalue weighted by atomic mass is 32.2. The molecule has 0 unspecified atom stereocenters. The number of hydrogen-bond acceptors (Lipinski definition) is 5. The van der Waals surface area contributed by atoms with E-state index in [1.54, 1.807) is 11.1 Å². The molecule has 0 aliphatic carbocycles. The van der Waals surface area contributed by atoms with E-state index in [2.05, 4.69) is 22.2 Å². The van der Waals surface area contributed by atoms with Crippen LogP contribution >= 0.6 is 0 Å². The highest BCUT2D eigenvalue weighted by molar-refractivity contribution is 7.85. The largest absolute Gasteiger partial charge is 0.369 e. The third kappa shape index (κ3) is 3.73. The number of nitrogens with zero attached hydrogens (tertiary/aromatic N) is 3. The van der Waals surface area contributed by atoms with E-state index < -0.39 is 10.8 Å². The summed E-state index contributed by atoms with van der Waals surface area (Å²) in [6.07, 6.45) is 4.07. The van der Waals surface area contributed by atoms with E-state index in [0.717, 1.165) is 13.0 Å². The van der Waals surface area contributed by atoms with Crippen molar-refractivity contribution < 1.29 is 9.00 Å². The van der Waals surface area contributed by atoms with Crippen LogP contribution in [0.25, 0.3) is 0 Å². The molecule has 6 nitrogen and oxygen atoms in total. The van der Waals surface area contributed by atoms with Gasteiger partial charge in [0.05, 0.1) is 12.4 Å². The van der Waals surface area contributed by atoms with Crippen LogP contribution in [0.4, 0.5) is 5.82 Å². The molecule has 0 atom stereocenters. The van der Waals surface area contributed by atoms with Gasteiger partial charge in [-0.1, -0.05) is 6.92 Å². The minimum Gasteiger partial charge on any atom is -0.369 e. The Hall–Kier alpha value is -1.50. The van der Waals surface area contributed by atoms with E-state index in [4.69, 9.17) is 0 Å². The monoisotopic (exact) mass is 282 g/mol. The van der Waals surface area contributed by atoms with Crippen LogP contribution in [0.1, 0.15) is 23.8 Å². The molecule has 19 heavy (non-hydrogen) atoms. The predicted octanol–water partition coefficient (Wildman–Crippen LogP) is 0.503. The average molecular weight is 282 g/mol. The van der Waals surface area contributed by atoms with Crippen molar-refractivity contribution in [1.29, 1.82) is 0 Å². The number of aromatic nitrogens is 2. The standard InChI is InChI=1S/C12H18N4O2S/c1-2-3-14-11-9-13-8-10(15-11)12(17)16-4-6-19(18)7-5-16/h8-9H,2-7H2,1H3,(H,14,15). The van der Waals surface area contributed by atoms with Crippen molar-refractivity contribution in [2.75, 3.05) is 36.5 Å². The van der Waals surface area contributed by atoms with Gasteiger partial charge in [0.1, 0.15) is 11.5 Å². The molecule has 1 aromatic rings. The number of hydrogen-bond donors (Lipinski definition) is 1. The normalized spacial score (nSPS) is 16.4. The van der Waals surface area contributed by atoms with Gasteiger partial charge in [-0.05, 0) is 6.42 Å². The molecule has 1 aliphatic rings. The van der Waals surface area contributed by atoms with Gasteiger partial charge in [-0.15, -0.1) is 0 Å². The lowest BCUT2D eigenvalue weighted by Gasteiger charge is -2.25. The Balaban J connectivity index is 2.04. The van der Waals surface area contributed by atoms with Crippen molar-refractivity contribution in [3.8, 4) is 0 Å². The molecule has 0 radical (unpaired) electrons. The summed E-state index contributed by atoms with van der Waals surface area (Å²) < 4.78 is 11.3. The third-order valence-corrected chi connectivity index (χ3v) is 4.15. The van der Waals surface area contributed by atoms with E-state index >= 15 is 0 Å². The Morgan fingerprint density at radius 1 is 1.42 bits per heavy atom. The lowest BCUT2D eigenvalue weighted by atomic mass is 10.3. The van der Waals surface area contributed by atoms with Crippen LogP contribution in [0.3, 0.4) is 0 Å². The van der Waals surface area contributed by atoms with Crippen molar-refractivity contribution >= 4 is 22.5 Å². The lowest BCUT2D eigenvalue weighted by Crippen LogP contribution is -2.42. The fraction of sp³-hybridized carbons (Fsp3) is 0.583. The van der Waals surface area contributed by atoms with Crippen molar-refractivity contribution in [2.24, 2.45) is 0 Å². The predicted molar refractivity (Wildman–Crippen MR) is 74.6 cm³/mol. The Bertz CT molecular complexity index is 471. The molecule has 2 heterocycles. The van der Waals surface area contributed by atoms with Crippen LogP contribution in [0.15, 0.2) is 12.4 Å². The third-order valence-electron chi connectivity index (χ3n) is 2.87. The first-order chi connectivity index (χ1) is 9.20. The van der Waals surface area contributed by atoms with E-state index in [-0.39, 0.29) is 5.91 Å². The van der Waals surface area contributed by atoms with Gasteiger partial charge < -0.3 is 10.2 Å². The SMILES string of the molecule is CCCNc1cncc(C(=O)N2CCS(=O)CC2)n1. The molecule has 1 N–H and O–H groups in total. The van der Waals surface area contributed by atoms with Crippen LogP contribution in [0.5, 0.6) is 0 Å². The van der Waals surface area contributed by atoms with Gasteiger partial charge >= 0.3 is 0 Å². The number of carbonyl (C=O) groups excluding carboxylic acids is 1. The van der Waals surface area contributed by atoms with Crippen LogP contribution in [-0.4, -0.2) is 56.1 Å². The second-order valence-corrected chi connectivity index (χ2v) is 6.05. The molecule has 0 bridgehead atoms. The first-order valence-corrected chi connectivity index (χ1v) is 7.89. The zero-order valence-electron chi connectivity index (χ0n) is 11.0. The Morgan fingerprint density at radius 3 is 2.84 bits per heavy atom. The van der Waals surface area contributed by atoms with Crippen LogP contribution in [0.2, 0.25) is 0 Å². The van der Waals surface area contributed by atoms with Crippen molar-refractivity contribution in [2.45, 2.75) is 13.3 Å². The lowest BCUT2D eigenvalue weighted by molar-refractivity contribution is 0.0765. The van der Waals surface area contributed by atoms with Gasteiger partial charge in [0.15, 0.2) is 0 Å². The topological polar surface area (TPSA) is 75.2 Å². The molecule has 1 aromatic heterocycles. The summed E-state index contributed by atoms with van der Waals surface area (Å²) in [5, 5.41) is 3.11. The Morgan fingerprint density at radius 2 is 2.16 bits per heavy atom. The van der Waals surface area contributed by atoms with Gasteiger partial charge in [0, 0.05) is 41.9 Å². The van der Waals surface area contributed by atoms with Crippen LogP contribution in [0, 0.1) is 0 Å². The summed E-state index contributed by atoms with van der Waals surface area (Å²) in [6.45, 7) is 3.91. The molecule has 0 aromatic carbocycles. The molecular formula is C12H18N4O2S. The zero-order valence-corrected chi connectivity index (χ0v) is 11.8.